The predicted molar refractivity (Wildman–Crippen MR) is 53.0 cm³/mol. The summed E-state index contributed by atoms with van der Waals surface area (Å²) in [5, 5.41) is 0. The topological polar surface area (TPSA) is 0 Å². The van der Waals surface area contributed by atoms with E-state index in [1.807, 2.05) is 6.07 Å². The minimum atomic E-state index is -0.123. The van der Waals surface area contributed by atoms with Gasteiger partial charge in [0.15, 0.2) is 0 Å². The van der Waals surface area contributed by atoms with Gasteiger partial charge in [0.2, 0.25) is 0 Å². The third-order valence-electron chi connectivity index (χ3n) is 2.51. The third-order valence-corrected chi connectivity index (χ3v) is 2.51. The van der Waals surface area contributed by atoms with Crippen LogP contribution in [0, 0.1) is 5.82 Å². The first kappa shape index (κ1) is 8.49. The molecule has 0 bridgehead atoms. The van der Waals surface area contributed by atoms with Crippen molar-refractivity contribution in [2.45, 2.75) is 26.2 Å². The van der Waals surface area contributed by atoms with Gasteiger partial charge in [-0.05, 0) is 41.7 Å². The smallest absolute Gasteiger partial charge is 0.123 e. The molecule has 13 heavy (non-hydrogen) atoms. The van der Waals surface area contributed by atoms with Gasteiger partial charge in [-0.25, -0.2) is 4.39 Å². The number of benzene rings is 1. The van der Waals surface area contributed by atoms with Crippen molar-refractivity contribution >= 4 is 5.57 Å². The molecule has 2 rings (SSSR count). The van der Waals surface area contributed by atoms with E-state index in [9.17, 15) is 4.39 Å². The largest absolute Gasteiger partial charge is 0.207 e. The van der Waals surface area contributed by atoms with E-state index >= 15 is 0 Å². The molecule has 0 spiro atoms. The number of fused-ring (bicyclic) bond motifs is 1. The molecule has 0 heterocycles. The van der Waals surface area contributed by atoms with Gasteiger partial charge in [-0.2, -0.15) is 0 Å². The molecule has 1 aromatic carbocycles. The summed E-state index contributed by atoms with van der Waals surface area (Å²) in [6.45, 7) is 2.15. The highest BCUT2D eigenvalue weighted by molar-refractivity contribution is 5.72. The van der Waals surface area contributed by atoms with E-state index in [1.54, 1.807) is 12.1 Å². The van der Waals surface area contributed by atoms with Crippen LogP contribution in [-0.4, -0.2) is 0 Å². The van der Waals surface area contributed by atoms with Crippen molar-refractivity contribution in [1.29, 1.82) is 0 Å². The minimum absolute atomic E-state index is 0.123. The van der Waals surface area contributed by atoms with Gasteiger partial charge < -0.3 is 0 Å². The van der Waals surface area contributed by atoms with Crippen LogP contribution in [0.5, 0.6) is 0 Å². The minimum Gasteiger partial charge on any atom is -0.207 e. The Labute approximate surface area is 78.1 Å². The highest BCUT2D eigenvalue weighted by atomic mass is 19.1. The summed E-state index contributed by atoms with van der Waals surface area (Å²) < 4.78 is 12.9. The second-order valence-electron chi connectivity index (χ2n) is 3.48. The first-order valence-electron chi connectivity index (χ1n) is 4.79. The molecule has 0 aromatic heterocycles. The summed E-state index contributed by atoms with van der Waals surface area (Å²) >= 11 is 0. The fourth-order valence-electron chi connectivity index (χ4n) is 1.87. The van der Waals surface area contributed by atoms with Crippen molar-refractivity contribution in [2.24, 2.45) is 0 Å². The molecule has 0 saturated carbocycles. The summed E-state index contributed by atoms with van der Waals surface area (Å²) in [7, 11) is 0. The third kappa shape index (κ3) is 1.51. The van der Waals surface area contributed by atoms with Crippen molar-refractivity contribution in [3.8, 4) is 0 Å². The normalized spacial score (nSPS) is 14.2. The van der Waals surface area contributed by atoms with E-state index in [0.717, 1.165) is 24.8 Å². The molecule has 1 aliphatic rings. The van der Waals surface area contributed by atoms with Crippen molar-refractivity contribution in [1.82, 2.24) is 0 Å². The summed E-state index contributed by atoms with van der Waals surface area (Å²) in [6, 6.07) is 5.09. The zero-order chi connectivity index (χ0) is 9.26. The average molecular weight is 176 g/mol. The summed E-state index contributed by atoms with van der Waals surface area (Å²) in [4.78, 5) is 0. The van der Waals surface area contributed by atoms with Crippen LogP contribution < -0.4 is 0 Å². The number of hydrogen-bond donors (Lipinski definition) is 0. The molecule has 68 valence electrons. The average Bonchev–Trinajstić information content (AvgIpc) is 2.49. The van der Waals surface area contributed by atoms with Crippen LogP contribution in [-0.2, 0) is 6.42 Å². The molecule has 1 aliphatic carbocycles. The Hall–Kier alpha value is -1.11. The van der Waals surface area contributed by atoms with Crippen LogP contribution in [0.15, 0.2) is 24.3 Å². The Balaban J connectivity index is 2.36. The fourth-order valence-corrected chi connectivity index (χ4v) is 1.87. The lowest BCUT2D eigenvalue weighted by atomic mass is 10.0. The first-order chi connectivity index (χ1) is 6.31. The van der Waals surface area contributed by atoms with E-state index in [1.165, 1.54) is 11.1 Å². The molecule has 0 nitrogen and oxygen atoms in total. The molecule has 0 amide bonds. The van der Waals surface area contributed by atoms with E-state index in [4.69, 9.17) is 0 Å². The number of rotatable bonds is 2. The number of allylic oxidation sites excluding steroid dienone is 2. The molecule has 1 aromatic rings. The monoisotopic (exact) mass is 176 g/mol. The lowest BCUT2D eigenvalue weighted by molar-refractivity contribution is 0.627. The fraction of sp³-hybridized carbons (Fsp3) is 0.333. The van der Waals surface area contributed by atoms with Gasteiger partial charge >= 0.3 is 0 Å². The highest BCUT2D eigenvalue weighted by Gasteiger charge is 2.13. The second kappa shape index (κ2) is 3.33. The van der Waals surface area contributed by atoms with Crippen molar-refractivity contribution in [2.75, 3.05) is 0 Å². The predicted octanol–water partition coefficient (Wildman–Crippen LogP) is 3.57. The Kier molecular flexibility index (Phi) is 2.17. The van der Waals surface area contributed by atoms with E-state index < -0.39 is 0 Å². The Morgan fingerprint density at radius 2 is 2.23 bits per heavy atom. The van der Waals surface area contributed by atoms with Gasteiger partial charge in [0.25, 0.3) is 0 Å². The Morgan fingerprint density at radius 1 is 1.38 bits per heavy atom. The molecule has 0 atom stereocenters. The van der Waals surface area contributed by atoms with Crippen molar-refractivity contribution < 1.29 is 4.39 Å². The lowest BCUT2D eigenvalue weighted by Crippen LogP contribution is -1.86. The maximum Gasteiger partial charge on any atom is 0.123 e. The van der Waals surface area contributed by atoms with Crippen LogP contribution in [0.2, 0.25) is 0 Å². The Morgan fingerprint density at radius 3 is 3.00 bits per heavy atom. The van der Waals surface area contributed by atoms with Crippen LogP contribution >= 0.6 is 0 Å². The van der Waals surface area contributed by atoms with Crippen LogP contribution in [0.1, 0.15) is 30.9 Å². The molecule has 0 radical (unpaired) electrons. The number of hydrogen-bond acceptors (Lipinski definition) is 0. The molecular weight excluding hydrogens is 163 g/mol. The van der Waals surface area contributed by atoms with Gasteiger partial charge in [0.05, 0.1) is 0 Å². The van der Waals surface area contributed by atoms with Gasteiger partial charge in [-0.1, -0.05) is 25.5 Å². The summed E-state index contributed by atoms with van der Waals surface area (Å²) in [5.41, 5.74) is 3.71. The maximum atomic E-state index is 12.9. The molecule has 0 fully saturated rings. The zero-order valence-corrected chi connectivity index (χ0v) is 7.81. The van der Waals surface area contributed by atoms with Crippen LogP contribution in [0.25, 0.3) is 5.57 Å². The molecule has 0 N–H and O–H groups in total. The molecule has 1 heteroatoms. The van der Waals surface area contributed by atoms with Gasteiger partial charge in [-0.15, -0.1) is 0 Å². The summed E-state index contributed by atoms with van der Waals surface area (Å²) in [5.74, 6) is -0.123. The van der Waals surface area contributed by atoms with Crippen LogP contribution in [0.3, 0.4) is 0 Å². The van der Waals surface area contributed by atoms with Gasteiger partial charge in [0, 0.05) is 0 Å². The standard InChI is InChI=1S/C12H13F/c1-2-3-9-4-5-10-6-7-11(13)8-12(9)10/h4,6-8H,2-3,5H2,1H3. The van der Waals surface area contributed by atoms with Gasteiger partial charge in [-0.3, -0.25) is 0 Å². The Bertz CT molecular complexity index is 350. The van der Waals surface area contributed by atoms with Crippen molar-refractivity contribution in [3.05, 3.63) is 41.2 Å². The molecule has 0 unspecified atom stereocenters. The van der Waals surface area contributed by atoms with Gasteiger partial charge in [0.1, 0.15) is 5.82 Å². The number of halogens is 1. The van der Waals surface area contributed by atoms with E-state index in [2.05, 4.69) is 13.0 Å². The maximum absolute atomic E-state index is 12.9. The molecule has 0 aliphatic heterocycles. The quantitative estimate of drug-likeness (QED) is 0.646. The van der Waals surface area contributed by atoms with E-state index in [-0.39, 0.29) is 5.82 Å². The first-order valence-corrected chi connectivity index (χ1v) is 4.79. The zero-order valence-electron chi connectivity index (χ0n) is 7.81. The van der Waals surface area contributed by atoms with Crippen LogP contribution in [0.4, 0.5) is 4.39 Å². The lowest BCUT2D eigenvalue weighted by Gasteiger charge is -2.03. The van der Waals surface area contributed by atoms with Crippen molar-refractivity contribution in [3.63, 3.8) is 0 Å². The highest BCUT2D eigenvalue weighted by Crippen LogP contribution is 2.30. The molecular formula is C12H13F. The summed E-state index contributed by atoms with van der Waals surface area (Å²) in [6.07, 6.45) is 5.39. The molecule has 0 saturated heterocycles. The van der Waals surface area contributed by atoms with E-state index in [0.29, 0.717) is 0 Å². The SMILES string of the molecule is CCCC1=CCc2ccc(F)cc21. The second-order valence-corrected chi connectivity index (χ2v) is 3.48.